The summed E-state index contributed by atoms with van der Waals surface area (Å²) in [4.78, 5) is 31.0. The number of hydrogen-bond donors (Lipinski definition) is 4. The first kappa shape index (κ1) is 21.8. The van der Waals surface area contributed by atoms with Crippen molar-refractivity contribution < 1.29 is 19.8 Å². The minimum atomic E-state index is -0.250. The maximum absolute atomic E-state index is 13.2. The van der Waals surface area contributed by atoms with E-state index in [1.54, 1.807) is 35.5 Å². The van der Waals surface area contributed by atoms with Gasteiger partial charge in [-0.3, -0.25) is 14.7 Å². The summed E-state index contributed by atoms with van der Waals surface area (Å²) >= 11 is 0. The number of imidazole rings is 1. The molecule has 1 amide bonds. The summed E-state index contributed by atoms with van der Waals surface area (Å²) in [6.45, 7) is 2.70. The van der Waals surface area contributed by atoms with Crippen LogP contribution in [0, 0.1) is 6.92 Å². The molecular weight excluding hydrogens is 422 g/mol. The maximum atomic E-state index is 13.2. The molecule has 0 saturated heterocycles. The van der Waals surface area contributed by atoms with Crippen LogP contribution in [-0.2, 0) is 11.3 Å². The molecule has 1 aliphatic heterocycles. The number of carbonyl (C=O) groups excluding carboxylic acids is 1. The van der Waals surface area contributed by atoms with E-state index in [2.05, 4.69) is 20.2 Å². The third kappa shape index (κ3) is 4.62. The zero-order valence-corrected chi connectivity index (χ0v) is 17.9. The Kier molecular flexibility index (Phi) is 6.21. The van der Waals surface area contributed by atoms with Crippen LogP contribution in [-0.4, -0.2) is 54.2 Å². The lowest BCUT2D eigenvalue weighted by Gasteiger charge is -2.32. The van der Waals surface area contributed by atoms with Gasteiger partial charge in [0.1, 0.15) is 11.4 Å². The highest BCUT2D eigenvalue weighted by atomic mass is 16.3. The van der Waals surface area contributed by atoms with Crippen LogP contribution in [0.2, 0.25) is 0 Å². The molecule has 4 N–H and O–H groups in total. The van der Waals surface area contributed by atoms with E-state index in [9.17, 15) is 9.90 Å². The van der Waals surface area contributed by atoms with Gasteiger partial charge in [0.25, 0.3) is 12.4 Å². The van der Waals surface area contributed by atoms with E-state index in [-0.39, 0.29) is 24.0 Å². The summed E-state index contributed by atoms with van der Waals surface area (Å²) in [5, 5.41) is 24.0. The van der Waals surface area contributed by atoms with Gasteiger partial charge < -0.3 is 20.1 Å². The third-order valence-corrected chi connectivity index (χ3v) is 5.55. The van der Waals surface area contributed by atoms with Crippen molar-refractivity contribution in [3.63, 3.8) is 0 Å². The van der Waals surface area contributed by atoms with Crippen molar-refractivity contribution in [1.29, 1.82) is 0 Å². The second kappa shape index (κ2) is 9.39. The normalized spacial score (nSPS) is 14.7. The fourth-order valence-corrected chi connectivity index (χ4v) is 3.95. The van der Waals surface area contributed by atoms with Crippen molar-refractivity contribution in [3.8, 4) is 17.0 Å². The van der Waals surface area contributed by atoms with Crippen LogP contribution < -0.4 is 0 Å². The predicted octanol–water partition coefficient (Wildman–Crippen LogP) is 3.30. The molecule has 5 rings (SSSR count). The molecule has 0 saturated carbocycles. The maximum Gasteiger partial charge on any atom is 0.290 e. The number of benzene rings is 2. The molecule has 0 bridgehead atoms. The topological polar surface area (TPSA) is 135 Å². The average molecular weight is 445 g/mol. The monoisotopic (exact) mass is 445 g/mol. The first-order valence-corrected chi connectivity index (χ1v) is 10.3. The smallest absolute Gasteiger partial charge is 0.290 e. The predicted molar refractivity (Wildman–Crippen MR) is 121 cm³/mol. The Bertz CT molecular complexity index is 1260. The van der Waals surface area contributed by atoms with Gasteiger partial charge >= 0.3 is 0 Å². The van der Waals surface area contributed by atoms with Crippen molar-refractivity contribution in [2.45, 2.75) is 19.4 Å². The molecule has 9 heteroatoms. The SMILES string of the molecule is Cc1ccc(-c2cc(C(=O)N3Cc4[nH]cnc4C(c4cccc(O)c4)C3)[nH]n2)cc1.O=CO. The van der Waals surface area contributed by atoms with Crippen LogP contribution >= 0.6 is 0 Å². The first-order chi connectivity index (χ1) is 16.0. The summed E-state index contributed by atoms with van der Waals surface area (Å²) in [7, 11) is 0. The van der Waals surface area contributed by atoms with Gasteiger partial charge in [0.15, 0.2) is 0 Å². The van der Waals surface area contributed by atoms with Gasteiger partial charge in [-0.05, 0) is 30.7 Å². The van der Waals surface area contributed by atoms with E-state index >= 15 is 0 Å². The second-order valence-corrected chi connectivity index (χ2v) is 7.74. The number of H-pyrrole nitrogens is 2. The highest BCUT2D eigenvalue weighted by Crippen LogP contribution is 2.33. The molecule has 1 unspecified atom stereocenters. The number of nitrogens with one attached hydrogen (secondary N) is 2. The Balaban J connectivity index is 0.000000821. The zero-order valence-electron chi connectivity index (χ0n) is 17.9. The standard InChI is InChI=1S/C23H21N5O2.CH2O2/c1-14-5-7-15(8-6-14)19-10-20(27-26-19)23(30)28-11-18(16-3-2-4-17(29)9-16)22-21(12-28)24-13-25-22;2-1-3/h2-10,13,18,29H,11-12H2,1H3,(H,24,25)(H,26,27);1H,(H,2,3). The molecule has 2 aromatic heterocycles. The van der Waals surface area contributed by atoms with Gasteiger partial charge in [-0.25, -0.2) is 4.98 Å². The Morgan fingerprint density at radius 2 is 1.94 bits per heavy atom. The average Bonchev–Trinajstić information content (AvgIpc) is 3.49. The van der Waals surface area contributed by atoms with E-state index < -0.39 is 0 Å². The highest BCUT2D eigenvalue weighted by molar-refractivity contribution is 5.93. The van der Waals surface area contributed by atoms with E-state index in [0.717, 1.165) is 28.2 Å². The van der Waals surface area contributed by atoms with Crippen molar-refractivity contribution in [3.05, 3.63) is 89.1 Å². The third-order valence-electron chi connectivity index (χ3n) is 5.55. The lowest BCUT2D eigenvalue weighted by Crippen LogP contribution is -2.39. The van der Waals surface area contributed by atoms with Gasteiger partial charge in [0.2, 0.25) is 0 Å². The van der Waals surface area contributed by atoms with Gasteiger partial charge in [-0.2, -0.15) is 5.10 Å². The number of carboxylic acid groups (broad SMARTS) is 1. The molecule has 1 aliphatic rings. The molecular formula is C24H23N5O4. The van der Waals surface area contributed by atoms with Crippen molar-refractivity contribution in [1.82, 2.24) is 25.1 Å². The van der Waals surface area contributed by atoms with Gasteiger partial charge in [0.05, 0.1) is 30.0 Å². The largest absolute Gasteiger partial charge is 0.508 e. The molecule has 0 fully saturated rings. The number of aromatic nitrogens is 4. The van der Waals surface area contributed by atoms with Crippen LogP contribution in [0.5, 0.6) is 5.75 Å². The number of rotatable bonds is 3. The number of phenolic OH excluding ortho intramolecular Hbond substituents is 1. The van der Waals surface area contributed by atoms with Crippen LogP contribution in [0.4, 0.5) is 0 Å². The molecule has 2 aromatic carbocycles. The van der Waals surface area contributed by atoms with Crippen molar-refractivity contribution >= 4 is 12.4 Å². The summed E-state index contributed by atoms with van der Waals surface area (Å²) in [5.41, 5.74) is 6.06. The molecule has 168 valence electrons. The Hall–Kier alpha value is -4.40. The van der Waals surface area contributed by atoms with Gasteiger partial charge in [-0.1, -0.05) is 42.0 Å². The number of nitrogens with zero attached hydrogens (tertiary/aromatic N) is 3. The fraction of sp³-hybridized carbons (Fsp3) is 0.167. The number of aromatic hydroxyl groups is 1. The lowest BCUT2D eigenvalue weighted by molar-refractivity contribution is -0.122. The minimum Gasteiger partial charge on any atom is -0.508 e. The summed E-state index contributed by atoms with van der Waals surface area (Å²) in [6.07, 6.45) is 1.65. The van der Waals surface area contributed by atoms with E-state index in [4.69, 9.17) is 9.90 Å². The summed E-state index contributed by atoms with van der Waals surface area (Å²) in [5.74, 6) is -0.0360. The lowest BCUT2D eigenvalue weighted by atomic mass is 9.90. The molecule has 9 nitrogen and oxygen atoms in total. The van der Waals surface area contributed by atoms with Crippen LogP contribution in [0.1, 0.15) is 38.9 Å². The molecule has 0 radical (unpaired) electrons. The molecule has 0 aliphatic carbocycles. The number of hydrogen-bond acceptors (Lipinski definition) is 5. The molecule has 4 aromatic rings. The molecule has 0 spiro atoms. The Morgan fingerprint density at radius 3 is 2.67 bits per heavy atom. The van der Waals surface area contributed by atoms with Crippen molar-refractivity contribution in [2.24, 2.45) is 0 Å². The molecule has 1 atom stereocenters. The van der Waals surface area contributed by atoms with E-state index in [1.165, 1.54) is 5.56 Å². The first-order valence-electron chi connectivity index (χ1n) is 10.3. The number of carbonyl (C=O) groups is 2. The van der Waals surface area contributed by atoms with Crippen LogP contribution in [0.25, 0.3) is 11.3 Å². The Labute approximate surface area is 189 Å². The fourth-order valence-electron chi connectivity index (χ4n) is 3.95. The number of aromatic amines is 2. The second-order valence-electron chi connectivity index (χ2n) is 7.74. The van der Waals surface area contributed by atoms with Gasteiger partial charge in [0, 0.05) is 18.0 Å². The number of amides is 1. The van der Waals surface area contributed by atoms with Crippen molar-refractivity contribution in [2.75, 3.05) is 6.54 Å². The summed E-state index contributed by atoms with van der Waals surface area (Å²) < 4.78 is 0. The zero-order chi connectivity index (χ0) is 23.4. The van der Waals surface area contributed by atoms with E-state index in [1.807, 2.05) is 37.3 Å². The Morgan fingerprint density at radius 1 is 1.18 bits per heavy atom. The van der Waals surface area contributed by atoms with Crippen LogP contribution in [0.3, 0.4) is 0 Å². The quantitative estimate of drug-likeness (QED) is 0.357. The van der Waals surface area contributed by atoms with Gasteiger partial charge in [-0.15, -0.1) is 0 Å². The number of fused-ring (bicyclic) bond motifs is 1. The number of aryl methyl sites for hydroxylation is 1. The molecule has 33 heavy (non-hydrogen) atoms. The molecule has 3 heterocycles. The summed E-state index contributed by atoms with van der Waals surface area (Å²) in [6, 6.07) is 16.9. The van der Waals surface area contributed by atoms with Crippen LogP contribution in [0.15, 0.2) is 60.9 Å². The number of phenols is 1. The highest BCUT2D eigenvalue weighted by Gasteiger charge is 2.32. The minimum absolute atomic E-state index is 0.115. The van der Waals surface area contributed by atoms with E-state index in [0.29, 0.717) is 18.8 Å².